The van der Waals surface area contributed by atoms with Crippen molar-refractivity contribution in [2.45, 2.75) is 13.1 Å². The second kappa shape index (κ2) is 10.2. The lowest BCUT2D eigenvalue weighted by Crippen LogP contribution is -3.27. The monoisotopic (exact) mass is 466 g/mol. The Morgan fingerprint density at radius 2 is 1.24 bits per heavy atom. The molecule has 0 aliphatic carbocycles. The maximum absolute atomic E-state index is 5.65. The van der Waals surface area contributed by atoms with Gasteiger partial charge in [0.1, 0.15) is 45.0 Å². The summed E-state index contributed by atoms with van der Waals surface area (Å²) in [6.07, 6.45) is 0. The third kappa shape index (κ3) is 5.15. The summed E-state index contributed by atoms with van der Waals surface area (Å²) in [6, 6.07) is 10.3. The summed E-state index contributed by atoms with van der Waals surface area (Å²) < 4.78 is 23.2. The van der Waals surface area contributed by atoms with Crippen molar-refractivity contribution in [1.82, 2.24) is 0 Å². The first-order chi connectivity index (χ1) is 14.1. The SMILES string of the molecule is COc1ccc(Br)cc1C[NH+]1CC[NH+](Cc2ccc(OC)c(OC)c2OC)CC1. The van der Waals surface area contributed by atoms with Crippen LogP contribution in [0.25, 0.3) is 0 Å². The van der Waals surface area contributed by atoms with E-state index in [1.807, 2.05) is 18.2 Å². The summed E-state index contributed by atoms with van der Waals surface area (Å²) in [5.74, 6) is 3.09. The summed E-state index contributed by atoms with van der Waals surface area (Å²) in [6.45, 7) is 6.38. The van der Waals surface area contributed by atoms with Crippen LogP contribution in [-0.2, 0) is 13.1 Å². The molecule has 2 aromatic carbocycles. The molecule has 0 aromatic heterocycles. The van der Waals surface area contributed by atoms with Crippen molar-refractivity contribution >= 4 is 15.9 Å². The quantitative estimate of drug-likeness (QED) is 0.608. The molecule has 7 heteroatoms. The number of nitrogens with one attached hydrogen (secondary N) is 2. The highest BCUT2D eigenvalue weighted by molar-refractivity contribution is 9.10. The molecule has 2 aromatic rings. The van der Waals surface area contributed by atoms with E-state index < -0.39 is 0 Å². The summed E-state index contributed by atoms with van der Waals surface area (Å²) >= 11 is 3.57. The van der Waals surface area contributed by atoms with E-state index in [-0.39, 0.29) is 0 Å². The molecule has 1 aliphatic rings. The van der Waals surface area contributed by atoms with Crippen molar-refractivity contribution in [3.05, 3.63) is 45.9 Å². The van der Waals surface area contributed by atoms with Gasteiger partial charge in [0.2, 0.25) is 5.75 Å². The molecule has 29 heavy (non-hydrogen) atoms. The van der Waals surface area contributed by atoms with Gasteiger partial charge < -0.3 is 28.7 Å². The zero-order chi connectivity index (χ0) is 20.8. The number of quaternary nitrogens is 2. The van der Waals surface area contributed by atoms with E-state index in [0.29, 0.717) is 11.5 Å². The van der Waals surface area contributed by atoms with E-state index in [0.717, 1.165) is 60.8 Å². The molecule has 1 fully saturated rings. The molecule has 0 atom stereocenters. The number of methoxy groups -OCH3 is 4. The van der Waals surface area contributed by atoms with Crippen LogP contribution in [0, 0.1) is 0 Å². The van der Waals surface area contributed by atoms with Gasteiger partial charge in [-0.05, 0) is 30.3 Å². The first kappa shape index (κ1) is 21.7. The predicted octanol–water partition coefficient (Wildman–Crippen LogP) is 0.967. The van der Waals surface area contributed by atoms with Crippen LogP contribution in [-0.4, -0.2) is 54.6 Å². The smallest absolute Gasteiger partial charge is 0.203 e. The van der Waals surface area contributed by atoms with Gasteiger partial charge in [0.25, 0.3) is 0 Å². The maximum Gasteiger partial charge on any atom is 0.203 e. The molecule has 158 valence electrons. The molecule has 1 aliphatic heterocycles. The predicted molar refractivity (Wildman–Crippen MR) is 116 cm³/mol. The molecule has 0 unspecified atom stereocenters. The number of halogens is 1. The molecule has 2 N–H and O–H groups in total. The number of piperazine rings is 1. The van der Waals surface area contributed by atoms with Gasteiger partial charge in [-0.25, -0.2) is 0 Å². The van der Waals surface area contributed by atoms with Gasteiger partial charge in [-0.3, -0.25) is 0 Å². The lowest BCUT2D eigenvalue weighted by atomic mass is 10.1. The van der Waals surface area contributed by atoms with Crippen LogP contribution >= 0.6 is 15.9 Å². The largest absolute Gasteiger partial charge is 0.496 e. The molecule has 6 nitrogen and oxygen atoms in total. The van der Waals surface area contributed by atoms with E-state index in [1.165, 1.54) is 5.56 Å². The van der Waals surface area contributed by atoms with Gasteiger partial charge >= 0.3 is 0 Å². The van der Waals surface area contributed by atoms with Crippen molar-refractivity contribution in [2.24, 2.45) is 0 Å². The molecule has 0 bridgehead atoms. The van der Waals surface area contributed by atoms with Crippen LogP contribution in [0.5, 0.6) is 23.0 Å². The summed E-state index contributed by atoms with van der Waals surface area (Å²) in [5, 5.41) is 0. The highest BCUT2D eigenvalue weighted by Crippen LogP contribution is 2.39. The average molecular weight is 467 g/mol. The van der Waals surface area contributed by atoms with Crippen LogP contribution in [0.1, 0.15) is 11.1 Å². The van der Waals surface area contributed by atoms with Crippen LogP contribution < -0.4 is 28.7 Å². The highest BCUT2D eigenvalue weighted by atomic mass is 79.9. The van der Waals surface area contributed by atoms with E-state index >= 15 is 0 Å². The average Bonchev–Trinajstić information content (AvgIpc) is 2.74. The Morgan fingerprint density at radius 3 is 1.79 bits per heavy atom. The minimum absolute atomic E-state index is 0.665. The van der Waals surface area contributed by atoms with Gasteiger partial charge in [-0.15, -0.1) is 0 Å². The third-order valence-corrected chi connectivity index (χ3v) is 6.07. The second-order valence-corrected chi connectivity index (χ2v) is 8.22. The third-order valence-electron chi connectivity index (χ3n) is 5.57. The summed E-state index contributed by atoms with van der Waals surface area (Å²) in [4.78, 5) is 3.14. The molecular weight excluding hydrogens is 436 g/mol. The fourth-order valence-electron chi connectivity index (χ4n) is 4.04. The minimum atomic E-state index is 0.665. The Labute approximate surface area is 181 Å². The minimum Gasteiger partial charge on any atom is -0.496 e. The normalized spacial score (nSPS) is 18.9. The van der Waals surface area contributed by atoms with Gasteiger partial charge in [-0.2, -0.15) is 0 Å². The van der Waals surface area contributed by atoms with Gasteiger partial charge in [0, 0.05) is 10.0 Å². The Balaban J connectivity index is 1.63. The van der Waals surface area contributed by atoms with E-state index in [9.17, 15) is 0 Å². The van der Waals surface area contributed by atoms with Crippen molar-refractivity contribution in [1.29, 1.82) is 0 Å². The molecule has 3 rings (SSSR count). The Hall–Kier alpha value is -1.96. The van der Waals surface area contributed by atoms with Crippen LogP contribution in [0.15, 0.2) is 34.8 Å². The van der Waals surface area contributed by atoms with Crippen LogP contribution in [0.2, 0.25) is 0 Å². The van der Waals surface area contributed by atoms with E-state index in [2.05, 4.69) is 28.1 Å². The molecule has 1 heterocycles. The molecule has 0 spiro atoms. The van der Waals surface area contributed by atoms with Crippen molar-refractivity contribution in [2.75, 3.05) is 54.6 Å². The lowest BCUT2D eigenvalue weighted by Gasteiger charge is -2.30. The molecule has 0 radical (unpaired) electrons. The topological polar surface area (TPSA) is 45.8 Å². The Bertz CT molecular complexity index is 823. The zero-order valence-corrected chi connectivity index (χ0v) is 19.2. The standard InChI is InChI=1S/C22H29BrN2O4/c1-26-19-8-6-18(23)13-17(19)15-25-11-9-24(10-12-25)14-16-5-7-20(27-2)22(29-4)21(16)28-3/h5-8,13H,9-12,14-15H2,1-4H3/p+2. The van der Waals surface area contributed by atoms with Crippen LogP contribution in [0.3, 0.4) is 0 Å². The first-order valence-corrected chi connectivity index (χ1v) is 10.7. The summed E-state index contributed by atoms with van der Waals surface area (Å²) in [7, 11) is 6.71. The fraction of sp³-hybridized carbons (Fsp3) is 0.455. The van der Waals surface area contributed by atoms with Gasteiger partial charge in [0.15, 0.2) is 11.5 Å². The number of ether oxygens (including phenoxy) is 4. The maximum atomic E-state index is 5.65. The van der Waals surface area contributed by atoms with Crippen molar-refractivity contribution in [3.63, 3.8) is 0 Å². The van der Waals surface area contributed by atoms with Crippen molar-refractivity contribution < 1.29 is 28.7 Å². The Kier molecular flexibility index (Phi) is 7.64. The van der Waals surface area contributed by atoms with E-state index in [4.69, 9.17) is 18.9 Å². The van der Waals surface area contributed by atoms with Gasteiger partial charge in [-0.1, -0.05) is 15.9 Å². The number of rotatable bonds is 8. The Morgan fingerprint density at radius 1 is 0.690 bits per heavy atom. The molecule has 0 amide bonds. The fourth-order valence-corrected chi connectivity index (χ4v) is 4.45. The molecule has 0 saturated carbocycles. The number of hydrogen-bond acceptors (Lipinski definition) is 4. The lowest BCUT2D eigenvalue weighted by molar-refractivity contribution is -1.02. The van der Waals surface area contributed by atoms with E-state index in [1.54, 1.807) is 38.2 Å². The van der Waals surface area contributed by atoms with Crippen molar-refractivity contribution in [3.8, 4) is 23.0 Å². The highest BCUT2D eigenvalue weighted by Gasteiger charge is 2.26. The summed E-state index contributed by atoms with van der Waals surface area (Å²) in [5.41, 5.74) is 2.40. The second-order valence-electron chi connectivity index (χ2n) is 7.30. The number of hydrogen-bond donors (Lipinski definition) is 2. The van der Waals surface area contributed by atoms with Crippen LogP contribution in [0.4, 0.5) is 0 Å². The molecule has 1 saturated heterocycles. The number of benzene rings is 2. The first-order valence-electron chi connectivity index (χ1n) is 9.87. The molecular formula is C22H31BrN2O4+2. The zero-order valence-electron chi connectivity index (χ0n) is 17.6. The van der Waals surface area contributed by atoms with Gasteiger partial charge in [0.05, 0.1) is 34.0 Å².